The molecular weight excluding hydrogens is 346 g/mol. The second-order valence-electron chi connectivity index (χ2n) is 4.47. The first-order valence-electron chi connectivity index (χ1n) is 6.34. The van der Waals surface area contributed by atoms with E-state index in [1.807, 2.05) is 0 Å². The van der Waals surface area contributed by atoms with Gasteiger partial charge >= 0.3 is 0 Å². The van der Waals surface area contributed by atoms with Crippen molar-refractivity contribution in [1.29, 1.82) is 0 Å². The van der Waals surface area contributed by atoms with E-state index < -0.39 is 24.2 Å². The van der Waals surface area contributed by atoms with Crippen molar-refractivity contribution in [3.8, 4) is 5.75 Å². The van der Waals surface area contributed by atoms with Gasteiger partial charge in [-0.25, -0.2) is 4.39 Å². The number of anilines is 1. The molecule has 0 saturated heterocycles. The normalized spacial score (nSPS) is 10.2. The lowest BCUT2D eigenvalue weighted by Crippen LogP contribution is -2.22. The molecule has 0 unspecified atom stereocenters. The fraction of sp³-hybridized carbons (Fsp3) is 0.0667. The number of hydrogen-bond donors (Lipinski definition) is 2. The van der Waals surface area contributed by atoms with E-state index >= 15 is 0 Å². The van der Waals surface area contributed by atoms with Gasteiger partial charge in [0.1, 0.15) is 11.6 Å². The van der Waals surface area contributed by atoms with Gasteiger partial charge in [0.25, 0.3) is 11.8 Å². The van der Waals surface area contributed by atoms with E-state index in [1.54, 1.807) is 0 Å². The van der Waals surface area contributed by atoms with Crippen LogP contribution in [0, 0.1) is 5.82 Å². The summed E-state index contributed by atoms with van der Waals surface area (Å²) < 4.78 is 18.2. The average Bonchev–Trinajstić information content (AvgIpc) is 2.48. The molecular formula is C15H11Cl2FN2O3. The largest absolute Gasteiger partial charge is 0.483 e. The van der Waals surface area contributed by atoms with Crippen LogP contribution in [-0.2, 0) is 4.79 Å². The van der Waals surface area contributed by atoms with E-state index in [2.05, 4.69) is 5.32 Å². The summed E-state index contributed by atoms with van der Waals surface area (Å²) in [5.74, 6) is -1.66. The molecule has 0 aliphatic carbocycles. The molecule has 2 aromatic rings. The number of halogens is 3. The minimum atomic E-state index is -0.732. The molecule has 8 heteroatoms. The lowest BCUT2D eigenvalue weighted by Gasteiger charge is -2.11. The third-order valence-electron chi connectivity index (χ3n) is 2.77. The van der Waals surface area contributed by atoms with E-state index in [0.29, 0.717) is 5.02 Å². The third-order valence-corrected chi connectivity index (χ3v) is 3.32. The van der Waals surface area contributed by atoms with Crippen LogP contribution in [0.5, 0.6) is 5.75 Å². The highest BCUT2D eigenvalue weighted by Gasteiger charge is 2.13. The molecule has 120 valence electrons. The number of carbonyl (C=O) groups is 2. The van der Waals surface area contributed by atoms with Crippen LogP contribution in [0.2, 0.25) is 10.0 Å². The second-order valence-corrected chi connectivity index (χ2v) is 5.31. The van der Waals surface area contributed by atoms with Crippen LogP contribution in [0.25, 0.3) is 0 Å². The molecule has 2 amide bonds. The lowest BCUT2D eigenvalue weighted by molar-refractivity contribution is -0.118. The van der Waals surface area contributed by atoms with E-state index in [0.717, 1.165) is 12.1 Å². The van der Waals surface area contributed by atoms with Crippen molar-refractivity contribution in [2.75, 3.05) is 11.9 Å². The summed E-state index contributed by atoms with van der Waals surface area (Å²) in [5, 5.41) is 2.83. The molecule has 0 aliphatic rings. The summed E-state index contributed by atoms with van der Waals surface area (Å²) >= 11 is 11.6. The van der Waals surface area contributed by atoms with Crippen LogP contribution in [0.4, 0.5) is 10.1 Å². The summed E-state index contributed by atoms with van der Waals surface area (Å²) in [7, 11) is 0. The smallest absolute Gasteiger partial charge is 0.262 e. The van der Waals surface area contributed by atoms with Crippen molar-refractivity contribution < 1.29 is 18.7 Å². The Morgan fingerprint density at radius 3 is 2.57 bits per heavy atom. The second kappa shape index (κ2) is 7.30. The van der Waals surface area contributed by atoms with Gasteiger partial charge in [0.05, 0.1) is 16.3 Å². The number of nitrogens with two attached hydrogens (primary N) is 1. The van der Waals surface area contributed by atoms with Crippen LogP contribution in [0.3, 0.4) is 0 Å². The van der Waals surface area contributed by atoms with Crippen molar-refractivity contribution in [1.82, 2.24) is 0 Å². The molecule has 0 atom stereocenters. The highest BCUT2D eigenvalue weighted by Crippen LogP contribution is 2.24. The van der Waals surface area contributed by atoms with Gasteiger partial charge in [0, 0.05) is 5.02 Å². The maximum Gasteiger partial charge on any atom is 0.262 e. The molecule has 0 heterocycles. The number of nitrogens with one attached hydrogen (secondary N) is 1. The van der Waals surface area contributed by atoms with E-state index in [9.17, 15) is 14.0 Å². The number of primary amides is 1. The monoisotopic (exact) mass is 356 g/mol. The maximum absolute atomic E-state index is 12.9. The zero-order valence-electron chi connectivity index (χ0n) is 11.6. The Balaban J connectivity index is 2.03. The predicted molar refractivity (Wildman–Crippen MR) is 85.5 cm³/mol. The molecule has 0 aromatic heterocycles. The van der Waals surface area contributed by atoms with Gasteiger partial charge in [-0.15, -0.1) is 0 Å². The molecule has 5 nitrogen and oxygen atoms in total. The Kier molecular flexibility index (Phi) is 5.41. The van der Waals surface area contributed by atoms with Crippen molar-refractivity contribution >= 4 is 40.7 Å². The zero-order valence-corrected chi connectivity index (χ0v) is 13.1. The SMILES string of the molecule is NC(=O)c1cc(Cl)ccc1OCC(=O)Nc1ccc(F)cc1Cl. The Hall–Kier alpha value is -2.31. The summed E-state index contributed by atoms with van der Waals surface area (Å²) in [6.07, 6.45) is 0. The highest BCUT2D eigenvalue weighted by atomic mass is 35.5. The van der Waals surface area contributed by atoms with Crippen LogP contribution in [0.1, 0.15) is 10.4 Å². The standard InChI is InChI=1S/C15H11Cl2FN2O3/c16-8-1-4-13(10(5-8)15(19)22)23-7-14(21)20-12-3-2-9(18)6-11(12)17/h1-6H,7H2,(H2,19,22)(H,20,21). The first kappa shape index (κ1) is 17.1. The van der Waals surface area contributed by atoms with Crippen LogP contribution in [-0.4, -0.2) is 18.4 Å². The van der Waals surface area contributed by atoms with Gasteiger partial charge < -0.3 is 15.8 Å². The van der Waals surface area contributed by atoms with Crippen molar-refractivity contribution in [2.24, 2.45) is 5.73 Å². The number of amides is 2. The molecule has 0 radical (unpaired) electrons. The van der Waals surface area contributed by atoms with Gasteiger partial charge in [-0.2, -0.15) is 0 Å². The van der Waals surface area contributed by atoms with Gasteiger partial charge in [-0.3, -0.25) is 9.59 Å². The summed E-state index contributed by atoms with van der Waals surface area (Å²) in [6, 6.07) is 7.83. The van der Waals surface area contributed by atoms with Crippen molar-refractivity contribution in [3.63, 3.8) is 0 Å². The summed E-state index contributed by atoms with van der Waals surface area (Å²) in [5.41, 5.74) is 5.52. The first-order chi connectivity index (χ1) is 10.9. The summed E-state index contributed by atoms with van der Waals surface area (Å²) in [6.45, 7) is -0.393. The number of ether oxygens (including phenoxy) is 1. The fourth-order valence-corrected chi connectivity index (χ4v) is 2.13. The van der Waals surface area contributed by atoms with Crippen LogP contribution >= 0.6 is 23.2 Å². The molecule has 0 bridgehead atoms. The maximum atomic E-state index is 12.9. The minimum Gasteiger partial charge on any atom is -0.483 e. The van der Waals surface area contributed by atoms with E-state index in [4.69, 9.17) is 33.7 Å². The predicted octanol–water partition coefficient (Wildman–Crippen LogP) is 3.25. The van der Waals surface area contributed by atoms with Gasteiger partial charge in [-0.05, 0) is 36.4 Å². The molecule has 0 saturated carbocycles. The van der Waals surface area contributed by atoms with E-state index in [1.165, 1.54) is 24.3 Å². The molecule has 0 fully saturated rings. The Labute approximate surface area is 141 Å². The fourth-order valence-electron chi connectivity index (χ4n) is 1.74. The Bertz CT molecular complexity index is 768. The number of rotatable bonds is 5. The highest BCUT2D eigenvalue weighted by molar-refractivity contribution is 6.33. The number of benzene rings is 2. The summed E-state index contributed by atoms with van der Waals surface area (Å²) in [4.78, 5) is 23.2. The lowest BCUT2D eigenvalue weighted by atomic mass is 10.2. The topological polar surface area (TPSA) is 81.4 Å². The molecule has 0 aliphatic heterocycles. The number of carbonyl (C=O) groups excluding carboxylic acids is 2. The quantitative estimate of drug-likeness (QED) is 0.862. The third kappa shape index (κ3) is 4.58. The van der Waals surface area contributed by atoms with E-state index in [-0.39, 0.29) is 22.0 Å². The van der Waals surface area contributed by atoms with Crippen LogP contribution < -0.4 is 15.8 Å². The molecule has 3 N–H and O–H groups in total. The molecule has 23 heavy (non-hydrogen) atoms. The molecule has 2 rings (SSSR count). The minimum absolute atomic E-state index is 0.0580. The van der Waals surface area contributed by atoms with Gasteiger partial charge in [0.2, 0.25) is 0 Å². The van der Waals surface area contributed by atoms with Gasteiger partial charge in [0.15, 0.2) is 6.61 Å². The van der Waals surface area contributed by atoms with Crippen LogP contribution in [0.15, 0.2) is 36.4 Å². The first-order valence-corrected chi connectivity index (χ1v) is 7.09. The number of hydrogen-bond acceptors (Lipinski definition) is 3. The Morgan fingerprint density at radius 1 is 1.17 bits per heavy atom. The zero-order chi connectivity index (χ0) is 17.0. The Morgan fingerprint density at radius 2 is 1.91 bits per heavy atom. The average molecular weight is 357 g/mol. The van der Waals surface area contributed by atoms with Crippen molar-refractivity contribution in [3.05, 3.63) is 57.8 Å². The molecule has 2 aromatic carbocycles. The molecule has 0 spiro atoms. The van der Waals surface area contributed by atoms with Gasteiger partial charge in [-0.1, -0.05) is 23.2 Å². The van der Waals surface area contributed by atoms with Crippen molar-refractivity contribution in [2.45, 2.75) is 0 Å².